The van der Waals surface area contributed by atoms with E-state index in [2.05, 4.69) is 27.4 Å². The Bertz CT molecular complexity index is 579. The summed E-state index contributed by atoms with van der Waals surface area (Å²) in [4.78, 5) is 6.60. The van der Waals surface area contributed by atoms with Crippen molar-refractivity contribution in [3.05, 3.63) is 48.0 Å². The lowest BCUT2D eigenvalue weighted by Crippen LogP contribution is -2.31. The monoisotopic (exact) mass is 271 g/mol. The minimum absolute atomic E-state index is 0.331. The van der Waals surface area contributed by atoms with Crippen LogP contribution < -0.4 is 4.90 Å². The molecule has 0 saturated heterocycles. The first kappa shape index (κ1) is 13.2. The van der Waals surface area contributed by atoms with Crippen LogP contribution in [0.2, 0.25) is 0 Å². The van der Waals surface area contributed by atoms with Gasteiger partial charge in [-0.05, 0) is 18.9 Å². The fourth-order valence-electron chi connectivity index (χ4n) is 2.89. The van der Waals surface area contributed by atoms with Crippen LogP contribution in [0.4, 0.5) is 5.69 Å². The van der Waals surface area contributed by atoms with E-state index < -0.39 is 0 Å². The van der Waals surface area contributed by atoms with Gasteiger partial charge < -0.3 is 14.6 Å². The number of imidazole rings is 1. The molecular formula is C16H21N3O. The van der Waals surface area contributed by atoms with Crippen molar-refractivity contribution >= 4 is 5.69 Å². The molecule has 1 aromatic carbocycles. The van der Waals surface area contributed by atoms with Crippen LogP contribution in [0.25, 0.3) is 0 Å². The van der Waals surface area contributed by atoms with E-state index in [4.69, 9.17) is 0 Å². The lowest BCUT2D eigenvalue weighted by molar-refractivity contribution is 0.164. The van der Waals surface area contributed by atoms with Crippen LogP contribution in [0.5, 0.6) is 0 Å². The number of aromatic nitrogens is 2. The summed E-state index contributed by atoms with van der Waals surface area (Å²) >= 11 is 0. The van der Waals surface area contributed by atoms with Crippen LogP contribution in [0.3, 0.4) is 0 Å². The van der Waals surface area contributed by atoms with Gasteiger partial charge >= 0.3 is 0 Å². The lowest BCUT2D eigenvalue weighted by Gasteiger charge is -2.33. The molecule has 0 spiro atoms. The zero-order valence-corrected chi connectivity index (χ0v) is 11.9. The average molecular weight is 271 g/mol. The Morgan fingerprint density at radius 1 is 1.35 bits per heavy atom. The Kier molecular flexibility index (Phi) is 3.74. The Labute approximate surface area is 119 Å². The number of anilines is 1. The number of nitrogens with zero attached hydrogens (tertiary/aromatic N) is 3. The van der Waals surface area contributed by atoms with Gasteiger partial charge in [0.2, 0.25) is 0 Å². The van der Waals surface area contributed by atoms with Crippen molar-refractivity contribution < 1.29 is 5.11 Å². The van der Waals surface area contributed by atoms with Crippen LogP contribution in [0.1, 0.15) is 37.1 Å². The molecule has 4 nitrogen and oxygen atoms in total. The molecule has 1 aliphatic heterocycles. The number of benzene rings is 1. The zero-order valence-electron chi connectivity index (χ0n) is 11.9. The van der Waals surface area contributed by atoms with Crippen LogP contribution in [0, 0.1) is 0 Å². The highest BCUT2D eigenvalue weighted by Gasteiger charge is 2.23. The van der Waals surface area contributed by atoms with Gasteiger partial charge in [0.05, 0.1) is 24.7 Å². The van der Waals surface area contributed by atoms with E-state index in [0.717, 1.165) is 43.7 Å². The van der Waals surface area contributed by atoms with Crippen LogP contribution in [0.15, 0.2) is 36.8 Å². The molecule has 4 heteroatoms. The second kappa shape index (κ2) is 5.67. The van der Waals surface area contributed by atoms with Crippen molar-refractivity contribution in [1.29, 1.82) is 0 Å². The highest BCUT2D eigenvalue weighted by atomic mass is 16.3. The SMILES string of the molecule is CCCn1cncc1CN1CCC(O)c2ccccc21. The number of aryl methyl sites for hydroxylation is 1. The third kappa shape index (κ3) is 2.43. The fourth-order valence-corrected chi connectivity index (χ4v) is 2.89. The van der Waals surface area contributed by atoms with Crippen molar-refractivity contribution in [3.63, 3.8) is 0 Å². The molecule has 0 bridgehead atoms. The second-order valence-corrected chi connectivity index (χ2v) is 5.36. The zero-order chi connectivity index (χ0) is 13.9. The number of aliphatic hydroxyl groups excluding tert-OH is 1. The van der Waals surface area contributed by atoms with Crippen LogP contribution in [-0.2, 0) is 13.1 Å². The molecule has 1 unspecified atom stereocenters. The second-order valence-electron chi connectivity index (χ2n) is 5.36. The molecular weight excluding hydrogens is 250 g/mol. The molecule has 0 radical (unpaired) electrons. The Hall–Kier alpha value is -1.81. The van der Waals surface area contributed by atoms with E-state index in [1.165, 1.54) is 5.69 Å². The van der Waals surface area contributed by atoms with E-state index in [0.29, 0.717) is 0 Å². The van der Waals surface area contributed by atoms with Gasteiger partial charge in [0.15, 0.2) is 0 Å². The molecule has 2 heterocycles. The summed E-state index contributed by atoms with van der Waals surface area (Å²) in [5.74, 6) is 0. The summed E-state index contributed by atoms with van der Waals surface area (Å²) in [6.45, 7) is 4.92. The Morgan fingerprint density at radius 3 is 3.05 bits per heavy atom. The van der Waals surface area contributed by atoms with Gasteiger partial charge in [-0.15, -0.1) is 0 Å². The highest BCUT2D eigenvalue weighted by molar-refractivity contribution is 5.56. The maximum absolute atomic E-state index is 10.1. The van der Waals surface area contributed by atoms with Crippen molar-refractivity contribution in [1.82, 2.24) is 9.55 Å². The van der Waals surface area contributed by atoms with Crippen LogP contribution in [-0.4, -0.2) is 21.2 Å². The molecule has 1 atom stereocenters. The minimum atomic E-state index is -0.331. The van der Waals surface area contributed by atoms with E-state index in [-0.39, 0.29) is 6.10 Å². The van der Waals surface area contributed by atoms with Crippen LogP contribution >= 0.6 is 0 Å². The third-order valence-corrected chi connectivity index (χ3v) is 3.92. The standard InChI is InChI=1S/C16H21N3O/c1-2-8-19-12-17-10-13(19)11-18-9-7-16(20)14-5-3-4-6-15(14)18/h3-6,10,12,16,20H,2,7-9,11H2,1H3. The summed E-state index contributed by atoms with van der Waals surface area (Å²) in [6, 6.07) is 8.15. The van der Waals surface area contributed by atoms with Gasteiger partial charge in [-0.2, -0.15) is 0 Å². The molecule has 0 fully saturated rings. The van der Waals surface area contributed by atoms with E-state index in [9.17, 15) is 5.11 Å². The van der Waals surface area contributed by atoms with Crippen molar-refractivity contribution in [2.75, 3.05) is 11.4 Å². The molecule has 3 rings (SSSR count). The number of rotatable bonds is 4. The number of hydrogen-bond donors (Lipinski definition) is 1. The van der Waals surface area contributed by atoms with Gasteiger partial charge in [-0.25, -0.2) is 4.98 Å². The number of aliphatic hydroxyl groups is 1. The van der Waals surface area contributed by atoms with Gasteiger partial charge in [-0.1, -0.05) is 25.1 Å². The molecule has 1 N–H and O–H groups in total. The highest BCUT2D eigenvalue weighted by Crippen LogP contribution is 2.34. The van der Waals surface area contributed by atoms with Gasteiger partial charge in [0, 0.05) is 30.5 Å². The van der Waals surface area contributed by atoms with Gasteiger partial charge in [0.25, 0.3) is 0 Å². The van der Waals surface area contributed by atoms with Gasteiger partial charge in [0.1, 0.15) is 0 Å². The largest absolute Gasteiger partial charge is 0.388 e. The molecule has 0 saturated carbocycles. The first-order valence-corrected chi connectivity index (χ1v) is 7.30. The molecule has 20 heavy (non-hydrogen) atoms. The number of hydrogen-bond acceptors (Lipinski definition) is 3. The first-order valence-electron chi connectivity index (χ1n) is 7.30. The minimum Gasteiger partial charge on any atom is -0.388 e. The van der Waals surface area contributed by atoms with Gasteiger partial charge in [-0.3, -0.25) is 0 Å². The van der Waals surface area contributed by atoms with Crippen molar-refractivity contribution in [2.24, 2.45) is 0 Å². The normalized spacial score (nSPS) is 18.1. The summed E-state index contributed by atoms with van der Waals surface area (Å²) in [6.07, 6.45) is 5.42. The molecule has 106 valence electrons. The number of fused-ring (bicyclic) bond motifs is 1. The summed E-state index contributed by atoms with van der Waals surface area (Å²) < 4.78 is 2.22. The Morgan fingerprint density at radius 2 is 2.20 bits per heavy atom. The third-order valence-electron chi connectivity index (χ3n) is 3.92. The summed E-state index contributed by atoms with van der Waals surface area (Å²) in [7, 11) is 0. The molecule has 1 aromatic heterocycles. The molecule has 0 aliphatic carbocycles. The van der Waals surface area contributed by atoms with Crippen molar-refractivity contribution in [3.8, 4) is 0 Å². The molecule has 0 amide bonds. The van der Waals surface area contributed by atoms with E-state index >= 15 is 0 Å². The summed E-state index contributed by atoms with van der Waals surface area (Å²) in [5, 5.41) is 10.1. The fraction of sp³-hybridized carbons (Fsp3) is 0.438. The maximum Gasteiger partial charge on any atom is 0.0948 e. The molecule has 1 aliphatic rings. The predicted molar refractivity (Wildman–Crippen MR) is 79.6 cm³/mol. The first-order chi connectivity index (χ1) is 9.79. The van der Waals surface area contributed by atoms with E-state index in [1.54, 1.807) is 0 Å². The average Bonchev–Trinajstić information content (AvgIpc) is 2.90. The summed E-state index contributed by atoms with van der Waals surface area (Å²) in [5.41, 5.74) is 3.42. The lowest BCUT2D eigenvalue weighted by atomic mass is 9.99. The topological polar surface area (TPSA) is 41.3 Å². The quantitative estimate of drug-likeness (QED) is 0.929. The smallest absolute Gasteiger partial charge is 0.0948 e. The maximum atomic E-state index is 10.1. The molecule has 2 aromatic rings. The number of para-hydroxylation sites is 1. The van der Waals surface area contributed by atoms with Crippen molar-refractivity contribution in [2.45, 2.75) is 39.0 Å². The Balaban J connectivity index is 1.85. The van der Waals surface area contributed by atoms with E-state index in [1.807, 2.05) is 30.7 Å². The predicted octanol–water partition coefficient (Wildman–Crippen LogP) is 2.74.